The van der Waals surface area contributed by atoms with Crippen LogP contribution in [-0.2, 0) is 12.0 Å². The average molecular weight is 322 g/mol. The molecule has 5 nitrogen and oxygen atoms in total. The standard InChI is InChI=1S/C19H22N4O/c1-19(15-6-3-2-4-7-15)9-5-11-22(14-19)13-16-12-18(24)23-17(21-16)8-10-20-23/h2-4,6-8,10,12,20H,5,9,11,13-14H2,1H3/t19-/m0/s1. The molecule has 0 radical (unpaired) electrons. The number of likely N-dealkylation sites (tertiary alicyclic amines) is 1. The molecule has 3 aromatic rings. The molecule has 0 spiro atoms. The summed E-state index contributed by atoms with van der Waals surface area (Å²) in [4.78, 5) is 19.1. The predicted octanol–water partition coefficient (Wildman–Crippen LogP) is 2.58. The van der Waals surface area contributed by atoms with Gasteiger partial charge in [0, 0.05) is 36.8 Å². The number of benzene rings is 1. The van der Waals surface area contributed by atoms with E-state index in [4.69, 9.17) is 0 Å². The number of nitrogens with zero attached hydrogens (tertiary/aromatic N) is 3. The Bertz CT molecular complexity index is 898. The minimum absolute atomic E-state index is 0.0529. The zero-order valence-corrected chi connectivity index (χ0v) is 13.9. The predicted molar refractivity (Wildman–Crippen MR) is 94.1 cm³/mol. The molecular formula is C19H22N4O. The summed E-state index contributed by atoms with van der Waals surface area (Å²) in [6, 6.07) is 14.2. The summed E-state index contributed by atoms with van der Waals surface area (Å²) >= 11 is 0. The smallest absolute Gasteiger partial charge is 0.272 e. The van der Waals surface area contributed by atoms with Crippen LogP contribution in [0.15, 0.2) is 53.5 Å². The molecular weight excluding hydrogens is 300 g/mol. The van der Waals surface area contributed by atoms with E-state index in [0.29, 0.717) is 5.65 Å². The van der Waals surface area contributed by atoms with Crippen LogP contribution in [0.25, 0.3) is 5.65 Å². The number of H-pyrrole nitrogens is 1. The van der Waals surface area contributed by atoms with Crippen LogP contribution >= 0.6 is 0 Å². The Labute approximate surface area is 140 Å². The normalized spacial score (nSPS) is 22.0. The second-order valence-corrected chi connectivity index (χ2v) is 6.98. The molecule has 24 heavy (non-hydrogen) atoms. The van der Waals surface area contributed by atoms with Gasteiger partial charge in [-0.3, -0.25) is 14.8 Å². The van der Waals surface area contributed by atoms with Gasteiger partial charge in [-0.25, -0.2) is 9.50 Å². The van der Waals surface area contributed by atoms with Crippen LogP contribution in [0, 0.1) is 0 Å². The van der Waals surface area contributed by atoms with Crippen LogP contribution in [0.3, 0.4) is 0 Å². The molecule has 124 valence electrons. The number of hydrogen-bond donors (Lipinski definition) is 1. The molecule has 1 aromatic carbocycles. The first-order valence-corrected chi connectivity index (χ1v) is 8.48. The van der Waals surface area contributed by atoms with Crippen LogP contribution in [-0.4, -0.2) is 32.6 Å². The Hall–Kier alpha value is -2.40. The van der Waals surface area contributed by atoms with Crippen LogP contribution in [0.2, 0.25) is 0 Å². The highest BCUT2D eigenvalue weighted by Gasteiger charge is 2.32. The maximum atomic E-state index is 12.1. The fraction of sp³-hybridized carbons (Fsp3) is 0.368. The molecule has 0 unspecified atom stereocenters. The van der Waals surface area contributed by atoms with Gasteiger partial charge in [0.1, 0.15) is 0 Å². The molecule has 0 amide bonds. The van der Waals surface area contributed by atoms with Crippen LogP contribution in [0.4, 0.5) is 0 Å². The van der Waals surface area contributed by atoms with E-state index in [1.807, 2.05) is 6.07 Å². The number of piperidine rings is 1. The van der Waals surface area contributed by atoms with Crippen LogP contribution in [0.5, 0.6) is 0 Å². The number of aromatic nitrogens is 3. The molecule has 1 saturated heterocycles. The molecule has 1 atom stereocenters. The van der Waals surface area contributed by atoms with E-state index in [2.05, 4.69) is 52.2 Å². The van der Waals surface area contributed by atoms with Crippen molar-refractivity contribution in [3.8, 4) is 0 Å². The van der Waals surface area contributed by atoms with E-state index >= 15 is 0 Å². The van der Waals surface area contributed by atoms with Gasteiger partial charge in [0.05, 0.1) is 5.69 Å². The minimum Gasteiger partial charge on any atom is -0.297 e. The zero-order valence-electron chi connectivity index (χ0n) is 13.9. The Morgan fingerprint density at radius 1 is 1.25 bits per heavy atom. The van der Waals surface area contributed by atoms with Gasteiger partial charge >= 0.3 is 0 Å². The lowest BCUT2D eigenvalue weighted by molar-refractivity contribution is 0.148. The third-order valence-electron chi connectivity index (χ3n) is 5.07. The van der Waals surface area contributed by atoms with Crippen LogP contribution in [0.1, 0.15) is 31.0 Å². The monoisotopic (exact) mass is 322 g/mol. The SMILES string of the molecule is C[C@]1(c2ccccc2)CCCN(Cc2cc(=O)n3[nH]ccc3n2)C1. The van der Waals surface area contributed by atoms with Crippen molar-refractivity contribution in [2.45, 2.75) is 31.7 Å². The quantitative estimate of drug-likeness (QED) is 0.806. The Morgan fingerprint density at radius 3 is 2.92 bits per heavy atom. The number of aromatic amines is 1. The van der Waals surface area contributed by atoms with Gasteiger partial charge < -0.3 is 0 Å². The average Bonchev–Trinajstić information content (AvgIpc) is 3.05. The molecule has 0 saturated carbocycles. The molecule has 1 N–H and O–H groups in total. The Balaban J connectivity index is 1.57. The van der Waals surface area contributed by atoms with E-state index in [9.17, 15) is 4.79 Å². The topological polar surface area (TPSA) is 53.4 Å². The fourth-order valence-electron chi connectivity index (χ4n) is 3.84. The first kappa shape index (κ1) is 15.1. The third-order valence-corrected chi connectivity index (χ3v) is 5.07. The van der Waals surface area contributed by atoms with Crippen molar-refractivity contribution in [3.05, 3.63) is 70.3 Å². The summed E-state index contributed by atoms with van der Waals surface area (Å²) in [6.45, 7) is 5.10. The highest BCUT2D eigenvalue weighted by molar-refractivity contribution is 5.36. The molecule has 1 fully saturated rings. The van der Waals surface area contributed by atoms with E-state index in [0.717, 1.165) is 31.7 Å². The van der Waals surface area contributed by atoms with Gasteiger partial charge in [-0.2, -0.15) is 0 Å². The van der Waals surface area contributed by atoms with Crippen LogP contribution < -0.4 is 5.56 Å². The van der Waals surface area contributed by atoms with Crippen molar-refractivity contribution in [1.29, 1.82) is 0 Å². The van der Waals surface area contributed by atoms with Gasteiger partial charge in [0.2, 0.25) is 0 Å². The molecule has 5 heteroatoms. The maximum absolute atomic E-state index is 12.1. The summed E-state index contributed by atoms with van der Waals surface area (Å²) in [5.41, 5.74) is 3.02. The van der Waals surface area contributed by atoms with Gasteiger partial charge in [-0.15, -0.1) is 0 Å². The van der Waals surface area contributed by atoms with Gasteiger partial charge in [-0.1, -0.05) is 37.3 Å². The van der Waals surface area contributed by atoms with Gasteiger partial charge in [-0.05, 0) is 24.9 Å². The summed E-state index contributed by atoms with van der Waals surface area (Å²) in [5.74, 6) is 0. The van der Waals surface area contributed by atoms with Crippen molar-refractivity contribution in [2.24, 2.45) is 0 Å². The van der Waals surface area contributed by atoms with Gasteiger partial charge in [0.15, 0.2) is 5.65 Å². The largest absolute Gasteiger partial charge is 0.297 e. The minimum atomic E-state index is -0.0529. The number of fused-ring (bicyclic) bond motifs is 1. The van der Waals surface area contributed by atoms with Gasteiger partial charge in [0.25, 0.3) is 5.56 Å². The Kier molecular flexibility index (Phi) is 3.73. The molecule has 3 heterocycles. The summed E-state index contributed by atoms with van der Waals surface area (Å²) in [7, 11) is 0. The summed E-state index contributed by atoms with van der Waals surface area (Å²) in [6.07, 6.45) is 4.10. The number of hydrogen-bond acceptors (Lipinski definition) is 3. The molecule has 2 aromatic heterocycles. The molecule has 4 rings (SSSR count). The number of rotatable bonds is 3. The lowest BCUT2D eigenvalue weighted by atomic mass is 9.76. The molecule has 0 bridgehead atoms. The summed E-state index contributed by atoms with van der Waals surface area (Å²) < 4.78 is 1.47. The lowest BCUT2D eigenvalue weighted by Gasteiger charge is -2.41. The third kappa shape index (κ3) is 2.76. The molecule has 0 aliphatic carbocycles. The van der Waals surface area contributed by atoms with E-state index < -0.39 is 0 Å². The summed E-state index contributed by atoms with van der Waals surface area (Å²) in [5, 5.41) is 2.88. The maximum Gasteiger partial charge on any atom is 0.272 e. The number of nitrogens with one attached hydrogen (secondary N) is 1. The van der Waals surface area contributed by atoms with Crippen molar-refractivity contribution in [1.82, 2.24) is 19.5 Å². The molecule has 1 aliphatic rings. The van der Waals surface area contributed by atoms with Crippen molar-refractivity contribution >= 4 is 5.65 Å². The second-order valence-electron chi connectivity index (χ2n) is 6.98. The second kappa shape index (κ2) is 5.91. The Morgan fingerprint density at radius 2 is 2.08 bits per heavy atom. The highest BCUT2D eigenvalue weighted by atomic mass is 16.1. The van der Waals surface area contributed by atoms with Crippen molar-refractivity contribution < 1.29 is 0 Å². The van der Waals surface area contributed by atoms with E-state index in [1.165, 1.54) is 16.5 Å². The first-order valence-electron chi connectivity index (χ1n) is 8.48. The molecule has 1 aliphatic heterocycles. The fourth-order valence-corrected chi connectivity index (χ4v) is 3.84. The zero-order chi connectivity index (χ0) is 16.6. The van der Waals surface area contributed by atoms with Crippen molar-refractivity contribution in [2.75, 3.05) is 13.1 Å². The lowest BCUT2D eigenvalue weighted by Crippen LogP contribution is -2.44. The van der Waals surface area contributed by atoms with E-state index in [1.54, 1.807) is 12.3 Å². The van der Waals surface area contributed by atoms with Crippen molar-refractivity contribution in [3.63, 3.8) is 0 Å². The highest BCUT2D eigenvalue weighted by Crippen LogP contribution is 2.33. The van der Waals surface area contributed by atoms with E-state index in [-0.39, 0.29) is 11.0 Å². The first-order chi connectivity index (χ1) is 11.6.